The monoisotopic (exact) mass is 387 g/mol. The molecule has 28 heavy (non-hydrogen) atoms. The number of rotatable bonds is 3. The molecule has 4 rings (SSSR count). The van der Waals surface area contributed by atoms with Gasteiger partial charge in [-0.1, -0.05) is 13.3 Å². The summed E-state index contributed by atoms with van der Waals surface area (Å²) in [6.07, 6.45) is 8.88. The van der Waals surface area contributed by atoms with Gasteiger partial charge in [0.1, 0.15) is 5.82 Å². The molecule has 154 valence electrons. The summed E-state index contributed by atoms with van der Waals surface area (Å²) in [6.45, 7) is 7.38. The summed E-state index contributed by atoms with van der Waals surface area (Å²) in [5, 5.41) is 8.58. The quantitative estimate of drug-likeness (QED) is 0.799. The van der Waals surface area contributed by atoms with Crippen LogP contribution in [-0.4, -0.2) is 62.1 Å². The fourth-order valence-corrected chi connectivity index (χ4v) is 5.53. The maximum Gasteiger partial charge on any atom is 0.292 e. The summed E-state index contributed by atoms with van der Waals surface area (Å²) in [5.74, 6) is 1.61. The van der Waals surface area contributed by atoms with E-state index in [1.165, 1.54) is 6.42 Å². The Labute approximate surface area is 167 Å². The van der Waals surface area contributed by atoms with Crippen LogP contribution in [0, 0.1) is 5.41 Å². The number of carbonyl (C=O) groups excluding carboxylic acids is 2. The molecule has 7 heteroatoms. The first-order valence-electron chi connectivity index (χ1n) is 11.1. The van der Waals surface area contributed by atoms with Gasteiger partial charge in [0.2, 0.25) is 11.7 Å². The van der Waals surface area contributed by atoms with Gasteiger partial charge in [-0.25, -0.2) is 0 Å². The van der Waals surface area contributed by atoms with Crippen LogP contribution in [0.1, 0.15) is 81.7 Å². The average Bonchev–Trinajstić information content (AvgIpc) is 2.95. The number of hydrogen-bond acceptors (Lipinski definition) is 4. The summed E-state index contributed by atoms with van der Waals surface area (Å²) >= 11 is 0. The number of amides is 2. The Hall–Kier alpha value is -1.92. The Balaban J connectivity index is 1.60. The van der Waals surface area contributed by atoms with E-state index < -0.39 is 5.41 Å². The Morgan fingerprint density at radius 2 is 1.86 bits per heavy atom. The van der Waals surface area contributed by atoms with Crippen molar-refractivity contribution < 1.29 is 9.59 Å². The van der Waals surface area contributed by atoms with Gasteiger partial charge in [-0.05, 0) is 51.9 Å². The summed E-state index contributed by atoms with van der Waals surface area (Å²) in [6, 6.07) is -0.0976. The highest BCUT2D eigenvalue weighted by Crippen LogP contribution is 2.44. The van der Waals surface area contributed by atoms with Gasteiger partial charge >= 0.3 is 0 Å². The van der Waals surface area contributed by atoms with E-state index >= 15 is 0 Å². The number of nitrogens with zero attached hydrogens (tertiary/aromatic N) is 5. The number of hydrogen-bond donors (Lipinski definition) is 0. The van der Waals surface area contributed by atoms with Gasteiger partial charge in [-0.3, -0.25) is 9.59 Å². The van der Waals surface area contributed by atoms with Gasteiger partial charge in [0.05, 0.1) is 5.41 Å². The van der Waals surface area contributed by atoms with Gasteiger partial charge in [0.15, 0.2) is 0 Å². The van der Waals surface area contributed by atoms with Crippen LogP contribution in [0.25, 0.3) is 0 Å². The van der Waals surface area contributed by atoms with E-state index in [2.05, 4.69) is 24.0 Å². The van der Waals surface area contributed by atoms with E-state index in [1.54, 1.807) is 0 Å². The molecule has 0 aromatic carbocycles. The van der Waals surface area contributed by atoms with Crippen LogP contribution in [0.3, 0.4) is 0 Å². The van der Waals surface area contributed by atoms with Crippen LogP contribution < -0.4 is 0 Å². The van der Waals surface area contributed by atoms with Crippen molar-refractivity contribution in [2.75, 3.05) is 19.6 Å². The van der Waals surface area contributed by atoms with E-state index in [0.717, 1.165) is 76.8 Å². The Bertz CT molecular complexity index is 739. The van der Waals surface area contributed by atoms with Crippen molar-refractivity contribution in [3.8, 4) is 0 Å². The summed E-state index contributed by atoms with van der Waals surface area (Å²) in [7, 11) is 0. The first-order chi connectivity index (χ1) is 13.6. The highest BCUT2D eigenvalue weighted by atomic mass is 16.2. The molecule has 2 atom stereocenters. The fourth-order valence-electron chi connectivity index (χ4n) is 5.53. The molecule has 0 N–H and O–H groups in total. The largest absolute Gasteiger partial charge is 0.342 e. The lowest BCUT2D eigenvalue weighted by atomic mass is 9.67. The summed E-state index contributed by atoms with van der Waals surface area (Å²) in [4.78, 5) is 30.8. The van der Waals surface area contributed by atoms with Crippen LogP contribution >= 0.6 is 0 Å². The number of fused-ring (bicyclic) bond motifs is 1. The van der Waals surface area contributed by atoms with Crippen molar-refractivity contribution in [1.82, 2.24) is 24.6 Å². The van der Waals surface area contributed by atoms with Gasteiger partial charge in [-0.2, -0.15) is 0 Å². The number of piperidine rings is 2. The lowest BCUT2D eigenvalue weighted by molar-refractivity contribution is -0.153. The van der Waals surface area contributed by atoms with Crippen LogP contribution in [-0.2, 0) is 17.8 Å². The Morgan fingerprint density at radius 1 is 1.07 bits per heavy atom. The second kappa shape index (κ2) is 7.84. The van der Waals surface area contributed by atoms with Crippen molar-refractivity contribution in [3.05, 3.63) is 11.6 Å². The molecule has 2 amide bonds. The maximum atomic E-state index is 13.5. The van der Waals surface area contributed by atoms with E-state index in [1.807, 2.05) is 14.4 Å². The minimum absolute atomic E-state index is 0.0485. The van der Waals surface area contributed by atoms with Gasteiger partial charge in [-0.15, -0.1) is 10.2 Å². The smallest absolute Gasteiger partial charge is 0.292 e. The Kier molecular flexibility index (Phi) is 5.43. The van der Waals surface area contributed by atoms with Gasteiger partial charge < -0.3 is 14.4 Å². The zero-order chi connectivity index (χ0) is 19.7. The first-order valence-corrected chi connectivity index (χ1v) is 11.1. The molecule has 0 unspecified atom stereocenters. The predicted molar refractivity (Wildman–Crippen MR) is 106 cm³/mol. The van der Waals surface area contributed by atoms with E-state index in [4.69, 9.17) is 0 Å². The lowest BCUT2D eigenvalue weighted by Crippen LogP contribution is -2.62. The second-order valence-electron chi connectivity index (χ2n) is 8.73. The molecule has 1 aromatic rings. The molecule has 3 aliphatic heterocycles. The molecule has 0 radical (unpaired) electrons. The lowest BCUT2D eigenvalue weighted by Gasteiger charge is -2.51. The highest BCUT2D eigenvalue weighted by molar-refractivity contribution is 5.92. The molecule has 4 heterocycles. The molecular weight excluding hydrogens is 354 g/mol. The first kappa shape index (κ1) is 19.4. The van der Waals surface area contributed by atoms with Crippen molar-refractivity contribution in [1.29, 1.82) is 0 Å². The van der Waals surface area contributed by atoms with Crippen molar-refractivity contribution in [3.63, 3.8) is 0 Å². The molecule has 1 aromatic heterocycles. The van der Waals surface area contributed by atoms with Crippen LogP contribution in [0.2, 0.25) is 0 Å². The van der Waals surface area contributed by atoms with Crippen LogP contribution in [0.15, 0.2) is 0 Å². The predicted octanol–water partition coefficient (Wildman–Crippen LogP) is 2.65. The van der Waals surface area contributed by atoms with Crippen LogP contribution in [0.4, 0.5) is 0 Å². The minimum atomic E-state index is -0.428. The highest BCUT2D eigenvalue weighted by Gasteiger charge is 2.52. The van der Waals surface area contributed by atoms with Gasteiger partial charge in [0.25, 0.3) is 5.91 Å². The minimum Gasteiger partial charge on any atom is -0.342 e. The molecule has 0 saturated carbocycles. The standard InChI is InChI=1S/C21H33N5O2/c1-3-12-24-13-7-10-21(20(24)28)11-8-15-25(16(21)2)19(27)18-23-22-17-9-5-4-6-14-26(17)18/h16H,3-15H2,1-2H3/t16-,21-/m0/s1. The fraction of sp³-hybridized carbons (Fsp3) is 0.810. The van der Waals surface area contributed by atoms with Crippen molar-refractivity contribution in [2.45, 2.75) is 84.2 Å². The summed E-state index contributed by atoms with van der Waals surface area (Å²) in [5.41, 5.74) is -0.428. The second-order valence-corrected chi connectivity index (χ2v) is 8.73. The third kappa shape index (κ3) is 3.12. The third-order valence-corrected chi connectivity index (χ3v) is 7.11. The number of carbonyl (C=O) groups is 2. The maximum absolute atomic E-state index is 13.5. The zero-order valence-electron chi connectivity index (χ0n) is 17.3. The molecular formula is C21H33N5O2. The molecule has 3 aliphatic rings. The number of likely N-dealkylation sites (tertiary alicyclic amines) is 2. The van der Waals surface area contributed by atoms with E-state index in [9.17, 15) is 9.59 Å². The van der Waals surface area contributed by atoms with E-state index in [-0.39, 0.29) is 17.9 Å². The van der Waals surface area contributed by atoms with Crippen molar-refractivity contribution >= 4 is 11.8 Å². The molecule has 1 spiro atoms. The molecule has 7 nitrogen and oxygen atoms in total. The number of aromatic nitrogens is 3. The molecule has 0 aliphatic carbocycles. The topological polar surface area (TPSA) is 71.3 Å². The van der Waals surface area contributed by atoms with Crippen LogP contribution in [0.5, 0.6) is 0 Å². The summed E-state index contributed by atoms with van der Waals surface area (Å²) < 4.78 is 2.02. The molecule has 2 fully saturated rings. The molecule has 0 bridgehead atoms. The van der Waals surface area contributed by atoms with Gasteiger partial charge in [0, 0.05) is 38.6 Å². The normalized spacial score (nSPS) is 28.4. The Morgan fingerprint density at radius 3 is 2.64 bits per heavy atom. The van der Waals surface area contributed by atoms with E-state index in [0.29, 0.717) is 12.4 Å². The number of aryl methyl sites for hydroxylation is 1. The van der Waals surface area contributed by atoms with Crippen molar-refractivity contribution in [2.24, 2.45) is 5.41 Å². The third-order valence-electron chi connectivity index (χ3n) is 7.11. The zero-order valence-corrected chi connectivity index (χ0v) is 17.3. The molecule has 2 saturated heterocycles. The average molecular weight is 388 g/mol. The SMILES string of the molecule is CCCN1CCC[C@@]2(CCCN(C(=O)c3nnc4n3CCCCC4)[C@H]2C)C1=O.